The van der Waals surface area contributed by atoms with E-state index in [1.165, 1.54) is 0 Å². The second-order valence-corrected chi connectivity index (χ2v) is 7.14. The van der Waals surface area contributed by atoms with Crippen LogP contribution >= 0.6 is 0 Å². The number of ether oxygens (including phenoxy) is 1. The summed E-state index contributed by atoms with van der Waals surface area (Å²) in [6, 6.07) is 7.81. The molecular formula is C20H27NO4. The van der Waals surface area contributed by atoms with E-state index in [1.807, 2.05) is 38.1 Å². The number of hydrogen-bond donors (Lipinski definition) is 2. The number of fused-ring (bicyclic) bond motifs is 1. The zero-order chi connectivity index (χ0) is 17.8. The van der Waals surface area contributed by atoms with Crippen LogP contribution in [0.2, 0.25) is 0 Å². The van der Waals surface area contributed by atoms with Crippen LogP contribution < -0.4 is 5.32 Å². The van der Waals surface area contributed by atoms with Crippen molar-refractivity contribution in [3.05, 3.63) is 35.6 Å². The van der Waals surface area contributed by atoms with Crippen LogP contribution in [-0.2, 0) is 11.3 Å². The third-order valence-corrected chi connectivity index (χ3v) is 4.91. The second kappa shape index (κ2) is 8.02. The van der Waals surface area contributed by atoms with Gasteiger partial charge in [-0.15, -0.1) is 0 Å². The van der Waals surface area contributed by atoms with E-state index in [1.54, 1.807) is 0 Å². The highest BCUT2D eigenvalue weighted by Gasteiger charge is 2.26. The largest absolute Gasteiger partial charge is 0.451 e. The molecule has 25 heavy (non-hydrogen) atoms. The molecule has 0 aliphatic heterocycles. The van der Waals surface area contributed by atoms with Crippen LogP contribution in [0.25, 0.3) is 11.0 Å². The van der Waals surface area contributed by atoms with Gasteiger partial charge in [0.1, 0.15) is 5.58 Å². The number of aliphatic hydroxyl groups excluding tert-OH is 1. The Kier molecular flexibility index (Phi) is 5.76. The number of carbonyl (C=O) groups is 1. The van der Waals surface area contributed by atoms with Gasteiger partial charge >= 0.3 is 0 Å². The van der Waals surface area contributed by atoms with Gasteiger partial charge in [0.2, 0.25) is 0 Å². The molecule has 0 radical (unpaired) electrons. The zero-order valence-electron chi connectivity index (χ0n) is 15.0. The third kappa shape index (κ3) is 4.22. The molecule has 3 rings (SSSR count). The van der Waals surface area contributed by atoms with E-state index < -0.39 is 0 Å². The summed E-state index contributed by atoms with van der Waals surface area (Å²) >= 11 is 0. The molecule has 5 nitrogen and oxygen atoms in total. The standard InChI is InChI=1S/C20H27NO4/c1-13(2)24-12-17-16-5-3-4-6-18(16)25-19(17)20(23)21-15-9-7-14(11-22)8-10-15/h3-6,13-15,22H,7-12H2,1-2H3,(H,21,23). The molecule has 0 saturated heterocycles. The lowest BCUT2D eigenvalue weighted by Gasteiger charge is -2.27. The topological polar surface area (TPSA) is 71.7 Å². The van der Waals surface area contributed by atoms with E-state index in [0.717, 1.165) is 36.6 Å². The third-order valence-electron chi connectivity index (χ3n) is 4.91. The number of amides is 1. The SMILES string of the molecule is CC(C)OCc1c(C(=O)NC2CCC(CO)CC2)oc2ccccc12. The Hall–Kier alpha value is -1.85. The fraction of sp³-hybridized carbons (Fsp3) is 0.550. The molecule has 1 amide bonds. The highest BCUT2D eigenvalue weighted by molar-refractivity contribution is 5.99. The minimum Gasteiger partial charge on any atom is -0.451 e. The number of hydrogen-bond acceptors (Lipinski definition) is 4. The van der Waals surface area contributed by atoms with Crippen LogP contribution in [0.15, 0.2) is 28.7 Å². The Labute approximate surface area is 148 Å². The van der Waals surface area contributed by atoms with Crippen LogP contribution in [0.3, 0.4) is 0 Å². The summed E-state index contributed by atoms with van der Waals surface area (Å²) in [5.74, 6) is 0.548. The summed E-state index contributed by atoms with van der Waals surface area (Å²) in [5.41, 5.74) is 1.52. The Morgan fingerprint density at radius 2 is 2.00 bits per heavy atom. The minimum atomic E-state index is -0.175. The minimum absolute atomic E-state index is 0.0818. The molecule has 1 aliphatic rings. The highest BCUT2D eigenvalue weighted by atomic mass is 16.5. The Morgan fingerprint density at radius 3 is 2.68 bits per heavy atom. The molecule has 1 aliphatic carbocycles. The molecule has 0 spiro atoms. The van der Waals surface area contributed by atoms with E-state index in [2.05, 4.69) is 5.32 Å². The van der Waals surface area contributed by atoms with Gasteiger partial charge in [-0.2, -0.15) is 0 Å². The molecule has 0 atom stereocenters. The zero-order valence-corrected chi connectivity index (χ0v) is 15.0. The first-order valence-electron chi connectivity index (χ1n) is 9.12. The number of benzene rings is 1. The quantitative estimate of drug-likeness (QED) is 0.838. The van der Waals surface area contributed by atoms with Crippen molar-refractivity contribution in [2.45, 2.75) is 58.3 Å². The fourth-order valence-corrected chi connectivity index (χ4v) is 3.42. The van der Waals surface area contributed by atoms with E-state index in [0.29, 0.717) is 23.9 Å². The summed E-state index contributed by atoms with van der Waals surface area (Å²) in [6.45, 7) is 4.54. The van der Waals surface area contributed by atoms with Crippen molar-refractivity contribution in [1.82, 2.24) is 5.32 Å². The molecule has 1 aromatic carbocycles. The van der Waals surface area contributed by atoms with Crippen LogP contribution in [0.5, 0.6) is 0 Å². The summed E-state index contributed by atoms with van der Waals surface area (Å²) in [5, 5.41) is 13.3. The van der Waals surface area contributed by atoms with E-state index >= 15 is 0 Å². The van der Waals surface area contributed by atoms with Crippen molar-refractivity contribution >= 4 is 16.9 Å². The molecule has 1 heterocycles. The molecular weight excluding hydrogens is 318 g/mol. The van der Waals surface area contributed by atoms with Crippen molar-refractivity contribution in [3.63, 3.8) is 0 Å². The molecule has 2 aromatic rings. The van der Waals surface area contributed by atoms with Gasteiger partial charge < -0.3 is 19.6 Å². The Bertz CT molecular complexity index is 714. The lowest BCUT2D eigenvalue weighted by Crippen LogP contribution is -2.38. The monoisotopic (exact) mass is 345 g/mol. The smallest absolute Gasteiger partial charge is 0.287 e. The van der Waals surface area contributed by atoms with E-state index in [-0.39, 0.29) is 24.7 Å². The van der Waals surface area contributed by atoms with Gasteiger partial charge in [-0.25, -0.2) is 0 Å². The van der Waals surface area contributed by atoms with Gasteiger partial charge in [-0.3, -0.25) is 4.79 Å². The van der Waals surface area contributed by atoms with Crippen molar-refractivity contribution in [2.24, 2.45) is 5.92 Å². The summed E-state index contributed by atoms with van der Waals surface area (Å²) in [6.07, 6.45) is 3.78. The number of rotatable bonds is 6. The van der Waals surface area contributed by atoms with Gasteiger partial charge in [0, 0.05) is 23.6 Å². The first kappa shape index (κ1) is 18.0. The molecule has 1 fully saturated rings. The number of carbonyl (C=O) groups excluding carboxylic acids is 1. The molecule has 1 aromatic heterocycles. The van der Waals surface area contributed by atoms with Crippen LogP contribution in [0.4, 0.5) is 0 Å². The number of aliphatic hydroxyl groups is 1. The maximum Gasteiger partial charge on any atom is 0.287 e. The van der Waals surface area contributed by atoms with E-state index in [4.69, 9.17) is 9.15 Å². The van der Waals surface area contributed by atoms with Crippen molar-refractivity contribution in [1.29, 1.82) is 0 Å². The normalized spacial score (nSPS) is 21.0. The lowest BCUT2D eigenvalue weighted by molar-refractivity contribution is 0.0641. The molecule has 2 N–H and O–H groups in total. The van der Waals surface area contributed by atoms with Crippen molar-refractivity contribution in [3.8, 4) is 0 Å². The highest BCUT2D eigenvalue weighted by Crippen LogP contribution is 2.28. The number of nitrogens with one attached hydrogen (secondary N) is 1. The molecule has 0 bridgehead atoms. The predicted molar refractivity (Wildman–Crippen MR) is 96.4 cm³/mol. The fourth-order valence-electron chi connectivity index (χ4n) is 3.42. The van der Waals surface area contributed by atoms with E-state index in [9.17, 15) is 9.90 Å². The van der Waals surface area contributed by atoms with Gasteiger partial charge in [0.05, 0.1) is 12.7 Å². The number of furan rings is 1. The number of para-hydroxylation sites is 1. The van der Waals surface area contributed by atoms with Crippen molar-refractivity contribution < 1.29 is 19.1 Å². The van der Waals surface area contributed by atoms with Crippen molar-refractivity contribution in [2.75, 3.05) is 6.61 Å². The molecule has 0 unspecified atom stereocenters. The van der Waals surface area contributed by atoms with Gasteiger partial charge in [0.25, 0.3) is 5.91 Å². The second-order valence-electron chi connectivity index (χ2n) is 7.14. The molecule has 1 saturated carbocycles. The summed E-state index contributed by atoms with van der Waals surface area (Å²) < 4.78 is 11.6. The van der Waals surface area contributed by atoms with Gasteiger partial charge in [-0.1, -0.05) is 18.2 Å². The maximum absolute atomic E-state index is 12.8. The first-order chi connectivity index (χ1) is 12.1. The molecule has 5 heteroatoms. The Balaban J connectivity index is 1.77. The van der Waals surface area contributed by atoms with Gasteiger partial charge in [-0.05, 0) is 51.5 Å². The summed E-state index contributed by atoms with van der Waals surface area (Å²) in [7, 11) is 0. The summed E-state index contributed by atoms with van der Waals surface area (Å²) in [4.78, 5) is 12.8. The average molecular weight is 345 g/mol. The maximum atomic E-state index is 12.8. The van der Waals surface area contributed by atoms with Crippen LogP contribution in [-0.4, -0.2) is 29.8 Å². The van der Waals surface area contributed by atoms with Crippen LogP contribution in [0.1, 0.15) is 55.6 Å². The average Bonchev–Trinajstić information content (AvgIpc) is 2.99. The van der Waals surface area contributed by atoms with Crippen LogP contribution in [0, 0.1) is 5.92 Å². The lowest BCUT2D eigenvalue weighted by atomic mass is 9.86. The Morgan fingerprint density at radius 1 is 1.28 bits per heavy atom. The molecule has 136 valence electrons. The predicted octanol–water partition coefficient (Wildman–Crippen LogP) is 3.64. The first-order valence-corrected chi connectivity index (χ1v) is 9.12. The van der Waals surface area contributed by atoms with Gasteiger partial charge in [0.15, 0.2) is 5.76 Å².